The molecule has 1 atom stereocenters. The third-order valence-corrected chi connectivity index (χ3v) is 5.23. The first-order chi connectivity index (χ1) is 9.75. The molecule has 0 bridgehead atoms. The molecule has 2 rings (SSSR count). The lowest BCUT2D eigenvalue weighted by molar-refractivity contribution is 0.180. The SMILES string of the molecule is Cc1cc(C)cc(C(N)CN2CCN(S(C)(=O)=O)CC2)c1. The van der Waals surface area contributed by atoms with Crippen molar-refractivity contribution in [2.75, 3.05) is 39.0 Å². The van der Waals surface area contributed by atoms with Gasteiger partial charge >= 0.3 is 0 Å². The Morgan fingerprint density at radius 1 is 1.10 bits per heavy atom. The lowest BCUT2D eigenvalue weighted by Crippen LogP contribution is -2.49. The van der Waals surface area contributed by atoms with Crippen LogP contribution in [0.25, 0.3) is 0 Å². The second-order valence-corrected chi connectivity index (χ2v) is 7.97. The smallest absolute Gasteiger partial charge is 0.211 e. The highest BCUT2D eigenvalue weighted by atomic mass is 32.2. The topological polar surface area (TPSA) is 66.6 Å². The molecule has 1 aromatic rings. The summed E-state index contributed by atoms with van der Waals surface area (Å²) in [6.07, 6.45) is 1.27. The Hall–Kier alpha value is -0.950. The number of sulfonamides is 1. The van der Waals surface area contributed by atoms with Crippen molar-refractivity contribution < 1.29 is 8.42 Å². The molecule has 6 heteroatoms. The van der Waals surface area contributed by atoms with Crippen molar-refractivity contribution in [3.8, 4) is 0 Å². The number of rotatable bonds is 4. The zero-order valence-electron chi connectivity index (χ0n) is 13.0. The first-order valence-corrected chi connectivity index (χ1v) is 9.12. The zero-order valence-corrected chi connectivity index (χ0v) is 13.9. The number of aryl methyl sites for hydroxylation is 2. The predicted molar refractivity (Wildman–Crippen MR) is 85.7 cm³/mol. The Labute approximate surface area is 127 Å². The summed E-state index contributed by atoms with van der Waals surface area (Å²) in [5, 5.41) is 0. The van der Waals surface area contributed by atoms with E-state index in [1.54, 1.807) is 0 Å². The highest BCUT2D eigenvalue weighted by Crippen LogP contribution is 2.17. The van der Waals surface area contributed by atoms with Crippen LogP contribution in [0.1, 0.15) is 22.7 Å². The van der Waals surface area contributed by atoms with Crippen molar-refractivity contribution in [3.05, 3.63) is 34.9 Å². The van der Waals surface area contributed by atoms with E-state index >= 15 is 0 Å². The Morgan fingerprint density at radius 3 is 2.10 bits per heavy atom. The standard InChI is InChI=1S/C15H25N3O2S/c1-12-8-13(2)10-14(9-12)15(16)11-17-4-6-18(7-5-17)21(3,19)20/h8-10,15H,4-7,11,16H2,1-3H3. The molecule has 1 heterocycles. The molecule has 1 aliphatic rings. The maximum absolute atomic E-state index is 11.5. The summed E-state index contributed by atoms with van der Waals surface area (Å²) in [5.41, 5.74) is 9.91. The monoisotopic (exact) mass is 311 g/mol. The van der Waals surface area contributed by atoms with Crippen LogP contribution >= 0.6 is 0 Å². The fourth-order valence-electron chi connectivity index (χ4n) is 2.85. The average Bonchev–Trinajstić information content (AvgIpc) is 2.37. The molecule has 0 spiro atoms. The van der Waals surface area contributed by atoms with Crippen LogP contribution in [0.3, 0.4) is 0 Å². The molecule has 1 aromatic carbocycles. The van der Waals surface area contributed by atoms with Crippen molar-refractivity contribution in [1.82, 2.24) is 9.21 Å². The summed E-state index contributed by atoms with van der Waals surface area (Å²) in [6.45, 7) is 7.51. The maximum atomic E-state index is 11.5. The van der Waals surface area contributed by atoms with Gasteiger partial charge in [-0.2, -0.15) is 4.31 Å². The molecule has 0 amide bonds. The molecule has 118 valence electrons. The van der Waals surface area contributed by atoms with E-state index in [0.29, 0.717) is 13.1 Å². The maximum Gasteiger partial charge on any atom is 0.211 e. The van der Waals surface area contributed by atoms with Crippen LogP contribution < -0.4 is 5.73 Å². The minimum Gasteiger partial charge on any atom is -0.323 e. The molecule has 0 radical (unpaired) electrons. The van der Waals surface area contributed by atoms with Crippen LogP contribution in [0.15, 0.2) is 18.2 Å². The zero-order chi connectivity index (χ0) is 15.6. The Bertz CT molecular complexity index is 573. The number of nitrogens with two attached hydrogens (primary N) is 1. The second kappa shape index (κ2) is 6.44. The van der Waals surface area contributed by atoms with Gasteiger partial charge in [-0.05, 0) is 19.4 Å². The van der Waals surface area contributed by atoms with E-state index < -0.39 is 10.0 Å². The highest BCUT2D eigenvalue weighted by molar-refractivity contribution is 7.88. The fraction of sp³-hybridized carbons (Fsp3) is 0.600. The van der Waals surface area contributed by atoms with E-state index in [1.165, 1.54) is 21.7 Å². The minimum atomic E-state index is -3.07. The number of hydrogen-bond acceptors (Lipinski definition) is 4. The van der Waals surface area contributed by atoms with Crippen LogP contribution in [0.2, 0.25) is 0 Å². The van der Waals surface area contributed by atoms with Gasteiger partial charge in [0.05, 0.1) is 6.26 Å². The molecule has 0 saturated carbocycles. The molecule has 1 aliphatic heterocycles. The Morgan fingerprint density at radius 2 is 1.62 bits per heavy atom. The number of benzene rings is 1. The predicted octanol–water partition coefficient (Wildman–Crippen LogP) is 0.880. The van der Waals surface area contributed by atoms with E-state index in [0.717, 1.165) is 25.2 Å². The molecular formula is C15H25N3O2S. The molecule has 0 aliphatic carbocycles. The van der Waals surface area contributed by atoms with Crippen molar-refractivity contribution in [1.29, 1.82) is 0 Å². The van der Waals surface area contributed by atoms with Gasteiger partial charge in [0.2, 0.25) is 10.0 Å². The highest BCUT2D eigenvalue weighted by Gasteiger charge is 2.24. The Kier molecular flexibility index (Phi) is 5.03. The van der Waals surface area contributed by atoms with Gasteiger partial charge in [-0.3, -0.25) is 4.90 Å². The van der Waals surface area contributed by atoms with Gasteiger partial charge in [-0.25, -0.2) is 8.42 Å². The first-order valence-electron chi connectivity index (χ1n) is 7.27. The first kappa shape index (κ1) is 16.4. The van der Waals surface area contributed by atoms with Crippen molar-refractivity contribution in [2.45, 2.75) is 19.9 Å². The largest absolute Gasteiger partial charge is 0.323 e. The van der Waals surface area contributed by atoms with Gasteiger partial charge in [0.15, 0.2) is 0 Å². The molecule has 2 N–H and O–H groups in total. The molecule has 0 aromatic heterocycles. The lowest BCUT2D eigenvalue weighted by Gasteiger charge is -2.34. The van der Waals surface area contributed by atoms with E-state index in [1.807, 2.05) is 0 Å². The summed E-state index contributed by atoms with van der Waals surface area (Å²) in [5.74, 6) is 0. The quantitative estimate of drug-likeness (QED) is 0.896. The van der Waals surface area contributed by atoms with Crippen molar-refractivity contribution >= 4 is 10.0 Å². The summed E-state index contributed by atoms with van der Waals surface area (Å²) in [7, 11) is -3.07. The second-order valence-electron chi connectivity index (χ2n) is 5.99. The Balaban J connectivity index is 1.94. The van der Waals surface area contributed by atoms with Crippen LogP contribution in [0.4, 0.5) is 0 Å². The van der Waals surface area contributed by atoms with Gasteiger partial charge in [0, 0.05) is 38.8 Å². The van der Waals surface area contributed by atoms with Crippen LogP contribution in [0.5, 0.6) is 0 Å². The summed E-state index contributed by atoms with van der Waals surface area (Å²) >= 11 is 0. The average molecular weight is 311 g/mol. The van der Waals surface area contributed by atoms with Gasteiger partial charge in [-0.15, -0.1) is 0 Å². The molecule has 21 heavy (non-hydrogen) atoms. The fourth-order valence-corrected chi connectivity index (χ4v) is 3.68. The van der Waals surface area contributed by atoms with Gasteiger partial charge < -0.3 is 5.73 Å². The summed E-state index contributed by atoms with van der Waals surface area (Å²) in [4.78, 5) is 2.24. The van der Waals surface area contributed by atoms with Gasteiger partial charge in [0.25, 0.3) is 0 Å². The summed E-state index contributed by atoms with van der Waals surface area (Å²) < 4.78 is 24.5. The van der Waals surface area contributed by atoms with E-state index in [9.17, 15) is 8.42 Å². The minimum absolute atomic E-state index is 0.0339. The third kappa shape index (κ3) is 4.51. The van der Waals surface area contributed by atoms with Gasteiger partial charge in [-0.1, -0.05) is 29.3 Å². The van der Waals surface area contributed by atoms with E-state index in [2.05, 4.69) is 36.9 Å². The van der Waals surface area contributed by atoms with Crippen molar-refractivity contribution in [2.24, 2.45) is 5.73 Å². The molecule has 5 nitrogen and oxygen atoms in total. The third-order valence-electron chi connectivity index (χ3n) is 3.93. The van der Waals surface area contributed by atoms with E-state index in [4.69, 9.17) is 5.73 Å². The normalized spacial score (nSPS) is 19.6. The molecule has 1 saturated heterocycles. The van der Waals surface area contributed by atoms with Crippen molar-refractivity contribution in [3.63, 3.8) is 0 Å². The molecule has 1 unspecified atom stereocenters. The molecular weight excluding hydrogens is 286 g/mol. The molecule has 1 fully saturated rings. The van der Waals surface area contributed by atoms with Crippen LogP contribution in [-0.2, 0) is 10.0 Å². The number of piperazine rings is 1. The van der Waals surface area contributed by atoms with E-state index in [-0.39, 0.29) is 6.04 Å². The number of hydrogen-bond donors (Lipinski definition) is 1. The van der Waals surface area contributed by atoms with Crippen LogP contribution in [-0.4, -0.2) is 56.6 Å². The van der Waals surface area contributed by atoms with Gasteiger partial charge in [0.1, 0.15) is 0 Å². The summed E-state index contributed by atoms with van der Waals surface area (Å²) in [6, 6.07) is 6.36. The van der Waals surface area contributed by atoms with Crippen LogP contribution in [0, 0.1) is 13.8 Å². The lowest BCUT2D eigenvalue weighted by atomic mass is 10.0. The number of nitrogens with zero attached hydrogens (tertiary/aromatic N) is 2.